The van der Waals surface area contributed by atoms with Crippen molar-refractivity contribution in [3.63, 3.8) is 0 Å². The predicted octanol–water partition coefficient (Wildman–Crippen LogP) is 3.20. The molecule has 0 spiro atoms. The fourth-order valence-corrected chi connectivity index (χ4v) is 2.76. The number of fused-ring (bicyclic) bond motifs is 1. The molecule has 3 rings (SSSR count). The van der Waals surface area contributed by atoms with E-state index in [2.05, 4.69) is 12.2 Å². The molecule has 5 heteroatoms. The molecule has 0 atom stereocenters. The maximum absolute atomic E-state index is 12.8. The van der Waals surface area contributed by atoms with Crippen molar-refractivity contribution >= 4 is 23.2 Å². The number of carbonyl (C=O) groups excluding carboxylic acids is 2. The first kappa shape index (κ1) is 15.8. The minimum atomic E-state index is -0.564. The number of nitrogens with one attached hydrogen (secondary N) is 1. The molecule has 1 aromatic carbocycles. The summed E-state index contributed by atoms with van der Waals surface area (Å²) in [6.07, 6.45) is 2.82. The number of anilines is 2. The molecule has 1 N–H and O–H groups in total. The standard InChI is InChI=1S/C18H24N2O3/c1-4-9-20-14-8-7-13(19-16(21)12-5-6-12)10-15(14)23-11-18(2,3)17(20)22/h7-8,10,12H,4-6,9,11H2,1-3H3,(H,19,21). The zero-order valence-corrected chi connectivity index (χ0v) is 14.0. The Hall–Kier alpha value is -2.04. The Morgan fingerprint density at radius 2 is 2.13 bits per heavy atom. The van der Waals surface area contributed by atoms with Gasteiger partial charge in [-0.15, -0.1) is 0 Å². The summed E-state index contributed by atoms with van der Waals surface area (Å²) < 4.78 is 5.90. The molecule has 23 heavy (non-hydrogen) atoms. The van der Waals surface area contributed by atoms with E-state index in [9.17, 15) is 9.59 Å². The second-order valence-corrected chi connectivity index (χ2v) is 7.08. The van der Waals surface area contributed by atoms with Gasteiger partial charge < -0.3 is 15.0 Å². The third-order valence-electron chi connectivity index (χ3n) is 4.33. The molecule has 0 aromatic heterocycles. The van der Waals surface area contributed by atoms with Crippen LogP contribution in [-0.4, -0.2) is 25.0 Å². The Morgan fingerprint density at radius 3 is 2.78 bits per heavy atom. The monoisotopic (exact) mass is 316 g/mol. The van der Waals surface area contributed by atoms with E-state index in [4.69, 9.17) is 4.74 Å². The normalized spacial score (nSPS) is 19.6. The van der Waals surface area contributed by atoms with Crippen LogP contribution in [0.1, 0.15) is 40.0 Å². The lowest BCUT2D eigenvalue weighted by molar-refractivity contribution is -0.127. The van der Waals surface area contributed by atoms with Crippen LogP contribution >= 0.6 is 0 Å². The van der Waals surface area contributed by atoms with Gasteiger partial charge in [0.15, 0.2) is 0 Å². The molecule has 0 radical (unpaired) electrons. The number of hydrogen-bond donors (Lipinski definition) is 1. The second kappa shape index (κ2) is 5.87. The number of rotatable bonds is 4. The third kappa shape index (κ3) is 3.19. The van der Waals surface area contributed by atoms with Crippen LogP contribution in [0.25, 0.3) is 0 Å². The Bertz CT molecular complexity index is 635. The van der Waals surface area contributed by atoms with Crippen molar-refractivity contribution in [2.75, 3.05) is 23.4 Å². The fraction of sp³-hybridized carbons (Fsp3) is 0.556. The lowest BCUT2D eigenvalue weighted by atomic mass is 9.93. The first-order valence-electron chi connectivity index (χ1n) is 8.32. The van der Waals surface area contributed by atoms with Crippen molar-refractivity contribution in [2.45, 2.75) is 40.0 Å². The van der Waals surface area contributed by atoms with E-state index in [0.717, 1.165) is 30.6 Å². The maximum atomic E-state index is 12.8. The van der Waals surface area contributed by atoms with Crippen molar-refractivity contribution in [1.29, 1.82) is 0 Å². The summed E-state index contributed by atoms with van der Waals surface area (Å²) in [5.74, 6) is 0.964. The second-order valence-electron chi connectivity index (χ2n) is 7.08. The highest BCUT2D eigenvalue weighted by molar-refractivity contribution is 6.00. The summed E-state index contributed by atoms with van der Waals surface area (Å²) in [6.45, 7) is 6.85. The van der Waals surface area contributed by atoms with Gasteiger partial charge in [0.25, 0.3) is 0 Å². The molecular formula is C18H24N2O3. The lowest BCUT2D eigenvalue weighted by Crippen LogP contribution is -2.42. The van der Waals surface area contributed by atoms with Gasteiger partial charge in [0, 0.05) is 24.2 Å². The number of hydrogen-bond acceptors (Lipinski definition) is 3. The van der Waals surface area contributed by atoms with Gasteiger partial charge in [-0.05, 0) is 45.2 Å². The van der Waals surface area contributed by atoms with Gasteiger partial charge in [0.1, 0.15) is 12.4 Å². The molecule has 0 bridgehead atoms. The lowest BCUT2D eigenvalue weighted by Gasteiger charge is -2.27. The number of ether oxygens (including phenoxy) is 1. The SMILES string of the molecule is CCCN1C(=O)C(C)(C)COc2cc(NC(=O)C3CC3)ccc21. The van der Waals surface area contributed by atoms with Crippen LogP contribution in [-0.2, 0) is 9.59 Å². The molecule has 2 amide bonds. The van der Waals surface area contributed by atoms with E-state index in [0.29, 0.717) is 18.9 Å². The Morgan fingerprint density at radius 1 is 1.39 bits per heavy atom. The molecular weight excluding hydrogens is 292 g/mol. The van der Waals surface area contributed by atoms with E-state index in [1.165, 1.54) is 0 Å². The third-order valence-corrected chi connectivity index (χ3v) is 4.33. The topological polar surface area (TPSA) is 58.6 Å². The van der Waals surface area contributed by atoms with Crippen molar-refractivity contribution in [2.24, 2.45) is 11.3 Å². The highest BCUT2D eigenvalue weighted by Crippen LogP contribution is 2.38. The fourth-order valence-electron chi connectivity index (χ4n) is 2.76. The van der Waals surface area contributed by atoms with Crippen molar-refractivity contribution in [1.82, 2.24) is 0 Å². The van der Waals surface area contributed by atoms with E-state index in [1.807, 2.05) is 32.0 Å². The summed E-state index contributed by atoms with van der Waals surface area (Å²) in [5.41, 5.74) is 0.946. The van der Waals surface area contributed by atoms with E-state index in [-0.39, 0.29) is 17.7 Å². The smallest absolute Gasteiger partial charge is 0.236 e. The minimum Gasteiger partial charge on any atom is -0.490 e. The zero-order chi connectivity index (χ0) is 16.6. The van der Waals surface area contributed by atoms with Gasteiger partial charge in [-0.2, -0.15) is 0 Å². The van der Waals surface area contributed by atoms with Gasteiger partial charge in [0.2, 0.25) is 11.8 Å². The van der Waals surface area contributed by atoms with E-state index < -0.39 is 5.41 Å². The van der Waals surface area contributed by atoms with Crippen LogP contribution in [0, 0.1) is 11.3 Å². The Kier molecular flexibility index (Phi) is 4.04. The molecule has 1 aliphatic carbocycles. The maximum Gasteiger partial charge on any atom is 0.236 e. The number of carbonyl (C=O) groups is 2. The average molecular weight is 316 g/mol. The molecule has 1 fully saturated rings. The molecule has 1 aliphatic heterocycles. The van der Waals surface area contributed by atoms with Crippen molar-refractivity contribution in [3.05, 3.63) is 18.2 Å². The number of amides is 2. The molecule has 5 nitrogen and oxygen atoms in total. The van der Waals surface area contributed by atoms with E-state index >= 15 is 0 Å². The largest absolute Gasteiger partial charge is 0.490 e. The first-order chi connectivity index (χ1) is 10.9. The Balaban J connectivity index is 1.90. The molecule has 0 unspecified atom stereocenters. The number of benzene rings is 1. The van der Waals surface area contributed by atoms with Crippen LogP contribution in [0.5, 0.6) is 5.75 Å². The van der Waals surface area contributed by atoms with E-state index in [1.54, 1.807) is 4.90 Å². The van der Waals surface area contributed by atoms with Crippen LogP contribution in [0.2, 0.25) is 0 Å². The number of nitrogens with zero attached hydrogens (tertiary/aromatic N) is 1. The van der Waals surface area contributed by atoms with Gasteiger partial charge in [-0.3, -0.25) is 9.59 Å². The minimum absolute atomic E-state index is 0.0698. The Labute approximate surface area is 137 Å². The quantitative estimate of drug-likeness (QED) is 0.928. The summed E-state index contributed by atoms with van der Waals surface area (Å²) in [4.78, 5) is 26.5. The molecule has 2 aliphatic rings. The predicted molar refractivity (Wildman–Crippen MR) is 89.7 cm³/mol. The van der Waals surface area contributed by atoms with Crippen LogP contribution in [0.15, 0.2) is 18.2 Å². The van der Waals surface area contributed by atoms with Crippen molar-refractivity contribution < 1.29 is 14.3 Å². The van der Waals surface area contributed by atoms with Crippen LogP contribution < -0.4 is 15.0 Å². The highest BCUT2D eigenvalue weighted by Gasteiger charge is 2.37. The summed E-state index contributed by atoms with van der Waals surface area (Å²) in [7, 11) is 0. The molecule has 124 valence electrons. The van der Waals surface area contributed by atoms with Crippen LogP contribution in [0.4, 0.5) is 11.4 Å². The first-order valence-corrected chi connectivity index (χ1v) is 8.32. The van der Waals surface area contributed by atoms with Gasteiger partial charge in [-0.25, -0.2) is 0 Å². The summed E-state index contributed by atoms with van der Waals surface area (Å²) in [6, 6.07) is 5.54. The molecule has 1 saturated carbocycles. The van der Waals surface area contributed by atoms with Crippen LogP contribution in [0.3, 0.4) is 0 Å². The highest BCUT2D eigenvalue weighted by atomic mass is 16.5. The molecule has 1 heterocycles. The zero-order valence-electron chi connectivity index (χ0n) is 14.0. The summed E-state index contributed by atoms with van der Waals surface area (Å²) >= 11 is 0. The summed E-state index contributed by atoms with van der Waals surface area (Å²) in [5, 5.41) is 2.93. The molecule has 1 aromatic rings. The molecule has 0 saturated heterocycles. The average Bonchev–Trinajstić information content (AvgIpc) is 3.35. The van der Waals surface area contributed by atoms with Gasteiger partial charge in [0.05, 0.1) is 11.1 Å². The van der Waals surface area contributed by atoms with Crippen molar-refractivity contribution in [3.8, 4) is 5.75 Å². The van der Waals surface area contributed by atoms with Gasteiger partial charge >= 0.3 is 0 Å². The van der Waals surface area contributed by atoms with Gasteiger partial charge in [-0.1, -0.05) is 6.92 Å².